The molecule has 1 saturated carbocycles. The number of amides is 1. The molecule has 2 fully saturated rings. The lowest BCUT2D eigenvalue weighted by Gasteiger charge is -2.47. The van der Waals surface area contributed by atoms with Crippen molar-refractivity contribution in [3.05, 3.63) is 0 Å². The highest BCUT2D eigenvalue weighted by atomic mass is 16.5. The summed E-state index contributed by atoms with van der Waals surface area (Å²) in [4.78, 5) is 12.6. The van der Waals surface area contributed by atoms with Gasteiger partial charge in [0.15, 0.2) is 0 Å². The van der Waals surface area contributed by atoms with Gasteiger partial charge in [-0.25, -0.2) is 4.79 Å². The Morgan fingerprint density at radius 1 is 1.58 bits per heavy atom. The van der Waals surface area contributed by atoms with E-state index in [1.165, 1.54) is 20.0 Å². The molecule has 1 aliphatic carbocycles. The first kappa shape index (κ1) is 7.86. The molecule has 0 bridgehead atoms. The number of carbonyl (C=O) groups is 1. The molecule has 2 aliphatic rings. The smallest absolute Gasteiger partial charge is 0.409 e. The minimum absolute atomic E-state index is 0.0891. The maximum absolute atomic E-state index is 11.0. The molecule has 1 aliphatic heterocycles. The highest BCUT2D eigenvalue weighted by Gasteiger charge is 2.52. The Balaban J connectivity index is 1.85. The minimum atomic E-state index is -0.253. The summed E-state index contributed by atoms with van der Waals surface area (Å²) >= 11 is 0. The quantitative estimate of drug-likeness (QED) is 0.610. The largest absolute Gasteiger partial charge is 0.453 e. The van der Waals surface area contributed by atoms with Gasteiger partial charge in [-0.05, 0) is 18.8 Å². The van der Waals surface area contributed by atoms with E-state index in [2.05, 4.69) is 4.74 Å². The van der Waals surface area contributed by atoms with Crippen LogP contribution >= 0.6 is 0 Å². The lowest BCUT2D eigenvalue weighted by atomic mass is 9.86. The number of hydrogen-bond donors (Lipinski definition) is 1. The van der Waals surface area contributed by atoms with E-state index in [0.29, 0.717) is 19.0 Å². The summed E-state index contributed by atoms with van der Waals surface area (Å²) in [5, 5.41) is 0. The first-order valence-corrected chi connectivity index (χ1v) is 4.27. The van der Waals surface area contributed by atoms with Gasteiger partial charge in [-0.3, -0.25) is 0 Å². The summed E-state index contributed by atoms with van der Waals surface area (Å²) in [7, 11) is 1.40. The normalized spacial score (nSPS) is 26.3. The number of nitrogens with zero attached hydrogens (tertiary/aromatic N) is 1. The third-order valence-corrected chi connectivity index (χ3v) is 2.79. The Morgan fingerprint density at radius 3 is 2.58 bits per heavy atom. The van der Waals surface area contributed by atoms with Crippen molar-refractivity contribution in [3.63, 3.8) is 0 Å². The van der Waals surface area contributed by atoms with Crippen molar-refractivity contribution in [3.8, 4) is 0 Å². The van der Waals surface area contributed by atoms with Crippen LogP contribution < -0.4 is 5.73 Å². The molecule has 0 aromatic rings. The van der Waals surface area contributed by atoms with Crippen LogP contribution in [-0.2, 0) is 4.74 Å². The predicted molar refractivity (Wildman–Crippen MR) is 43.6 cm³/mol. The van der Waals surface area contributed by atoms with E-state index < -0.39 is 0 Å². The zero-order chi connectivity index (χ0) is 8.77. The van der Waals surface area contributed by atoms with Crippen LogP contribution in [0.25, 0.3) is 0 Å². The van der Waals surface area contributed by atoms with E-state index in [4.69, 9.17) is 5.73 Å². The monoisotopic (exact) mass is 170 g/mol. The van der Waals surface area contributed by atoms with Crippen LogP contribution in [0, 0.1) is 5.92 Å². The maximum atomic E-state index is 11.0. The lowest BCUT2D eigenvalue weighted by Crippen LogP contribution is -2.69. The van der Waals surface area contributed by atoms with E-state index in [0.717, 1.165) is 0 Å². The van der Waals surface area contributed by atoms with Gasteiger partial charge in [0.2, 0.25) is 0 Å². The van der Waals surface area contributed by atoms with Gasteiger partial charge < -0.3 is 15.4 Å². The third-order valence-electron chi connectivity index (χ3n) is 2.79. The van der Waals surface area contributed by atoms with Crippen LogP contribution in [0.1, 0.15) is 12.8 Å². The highest BCUT2D eigenvalue weighted by molar-refractivity contribution is 5.69. The van der Waals surface area contributed by atoms with Gasteiger partial charge in [0.1, 0.15) is 0 Å². The van der Waals surface area contributed by atoms with Gasteiger partial charge in [-0.1, -0.05) is 0 Å². The zero-order valence-electron chi connectivity index (χ0n) is 7.25. The van der Waals surface area contributed by atoms with Gasteiger partial charge in [-0.15, -0.1) is 0 Å². The number of methoxy groups -OCH3 is 1. The fraction of sp³-hybridized carbons (Fsp3) is 0.875. The molecule has 0 aromatic carbocycles. The van der Waals surface area contributed by atoms with Gasteiger partial charge in [0.05, 0.1) is 12.6 Å². The van der Waals surface area contributed by atoms with Gasteiger partial charge >= 0.3 is 6.09 Å². The molecule has 0 atom stereocenters. The van der Waals surface area contributed by atoms with Crippen molar-refractivity contribution in [1.29, 1.82) is 0 Å². The Kier molecular flexibility index (Phi) is 1.54. The van der Waals surface area contributed by atoms with Crippen LogP contribution in [0.3, 0.4) is 0 Å². The Hall–Kier alpha value is -0.770. The van der Waals surface area contributed by atoms with Crippen LogP contribution in [0.2, 0.25) is 0 Å². The first-order valence-electron chi connectivity index (χ1n) is 4.27. The fourth-order valence-electron chi connectivity index (χ4n) is 1.84. The number of likely N-dealkylation sites (tertiary alicyclic amines) is 1. The Morgan fingerprint density at radius 2 is 2.17 bits per heavy atom. The maximum Gasteiger partial charge on any atom is 0.409 e. The number of ether oxygens (including phenoxy) is 1. The molecule has 0 unspecified atom stereocenters. The summed E-state index contributed by atoms with van der Waals surface area (Å²) in [5.74, 6) is 0.651. The van der Waals surface area contributed by atoms with Crippen molar-refractivity contribution >= 4 is 6.09 Å². The summed E-state index contributed by atoms with van der Waals surface area (Å²) in [6.07, 6.45) is 2.20. The van der Waals surface area contributed by atoms with Crippen molar-refractivity contribution in [2.24, 2.45) is 11.7 Å². The molecule has 4 nitrogen and oxygen atoms in total. The average Bonchev–Trinajstić information content (AvgIpc) is 2.79. The van der Waals surface area contributed by atoms with Gasteiger partial charge in [0, 0.05) is 13.1 Å². The predicted octanol–water partition coefficient (Wildman–Crippen LogP) is 0.176. The molecule has 1 amide bonds. The van der Waals surface area contributed by atoms with E-state index >= 15 is 0 Å². The summed E-state index contributed by atoms with van der Waals surface area (Å²) in [6, 6.07) is 0. The molecule has 68 valence electrons. The molecule has 1 saturated heterocycles. The van der Waals surface area contributed by atoms with E-state index in [9.17, 15) is 4.79 Å². The second-order valence-corrected chi connectivity index (χ2v) is 3.83. The molecule has 2 rings (SSSR count). The van der Waals surface area contributed by atoms with E-state index in [1.54, 1.807) is 4.90 Å². The number of nitrogens with two attached hydrogens (primary N) is 1. The van der Waals surface area contributed by atoms with Gasteiger partial charge in [-0.2, -0.15) is 0 Å². The average molecular weight is 170 g/mol. The van der Waals surface area contributed by atoms with Crippen molar-refractivity contribution in [1.82, 2.24) is 4.90 Å². The molecular formula is C8H14N2O2. The minimum Gasteiger partial charge on any atom is -0.453 e. The number of hydrogen-bond acceptors (Lipinski definition) is 3. The third kappa shape index (κ3) is 1.06. The summed E-state index contributed by atoms with van der Waals surface area (Å²) < 4.78 is 4.58. The molecule has 1 heterocycles. The Bertz CT molecular complexity index is 207. The first-order chi connectivity index (χ1) is 5.65. The van der Waals surface area contributed by atoms with Crippen LogP contribution in [0.4, 0.5) is 4.79 Å². The lowest BCUT2D eigenvalue weighted by molar-refractivity contribution is 0.0423. The Labute approximate surface area is 71.7 Å². The molecule has 4 heteroatoms. The van der Waals surface area contributed by atoms with Crippen LogP contribution in [-0.4, -0.2) is 36.7 Å². The zero-order valence-corrected chi connectivity index (χ0v) is 7.25. The SMILES string of the molecule is COC(=O)N1CC(N)(C2CC2)C1. The second kappa shape index (κ2) is 2.36. The molecule has 12 heavy (non-hydrogen) atoms. The molecule has 0 radical (unpaired) electrons. The molecule has 0 aromatic heterocycles. The van der Waals surface area contributed by atoms with Crippen molar-refractivity contribution < 1.29 is 9.53 Å². The van der Waals surface area contributed by atoms with E-state index in [1.807, 2.05) is 0 Å². The number of carbonyl (C=O) groups excluding carboxylic acids is 1. The highest BCUT2D eigenvalue weighted by Crippen LogP contribution is 2.42. The van der Waals surface area contributed by atoms with Crippen LogP contribution in [0.5, 0.6) is 0 Å². The van der Waals surface area contributed by atoms with Crippen LogP contribution in [0.15, 0.2) is 0 Å². The van der Waals surface area contributed by atoms with Crippen molar-refractivity contribution in [2.75, 3.05) is 20.2 Å². The topological polar surface area (TPSA) is 55.6 Å². The molecule has 2 N–H and O–H groups in total. The second-order valence-electron chi connectivity index (χ2n) is 3.83. The van der Waals surface area contributed by atoms with E-state index in [-0.39, 0.29) is 11.6 Å². The molecule has 0 spiro atoms. The summed E-state index contributed by atoms with van der Waals surface area (Å²) in [6.45, 7) is 1.34. The summed E-state index contributed by atoms with van der Waals surface area (Å²) in [5.41, 5.74) is 5.95. The van der Waals surface area contributed by atoms with Crippen molar-refractivity contribution in [2.45, 2.75) is 18.4 Å². The van der Waals surface area contributed by atoms with Gasteiger partial charge in [0.25, 0.3) is 0 Å². The standard InChI is InChI=1S/C8H14N2O2/c1-12-7(11)10-4-8(9,5-10)6-2-3-6/h6H,2-5,9H2,1H3. The fourth-order valence-corrected chi connectivity index (χ4v) is 1.84. The molecular weight excluding hydrogens is 156 g/mol. The number of rotatable bonds is 1.